The zero-order chi connectivity index (χ0) is 16.1. The van der Waals surface area contributed by atoms with Gasteiger partial charge in [0.1, 0.15) is 23.5 Å². The maximum Gasteiger partial charge on any atom is 0.342 e. The van der Waals surface area contributed by atoms with Crippen LogP contribution in [0.3, 0.4) is 0 Å². The predicted molar refractivity (Wildman–Crippen MR) is 88.0 cm³/mol. The first-order valence-corrected chi connectivity index (χ1v) is 8.74. The van der Waals surface area contributed by atoms with Crippen LogP contribution >= 0.6 is 0 Å². The lowest BCUT2D eigenvalue weighted by Gasteiger charge is -2.35. The third-order valence-corrected chi connectivity index (χ3v) is 5.69. The first-order valence-electron chi connectivity index (χ1n) is 8.74. The van der Waals surface area contributed by atoms with Crippen LogP contribution in [0, 0.1) is 6.92 Å². The van der Waals surface area contributed by atoms with Crippen molar-refractivity contribution < 1.29 is 14.3 Å². The number of benzene rings is 1. The molecule has 2 bridgehead atoms. The Bertz CT molecular complexity index is 628. The zero-order valence-electron chi connectivity index (χ0n) is 14.2. The third-order valence-electron chi connectivity index (χ3n) is 5.69. The van der Waals surface area contributed by atoms with Crippen LogP contribution in [0.4, 0.5) is 0 Å². The maximum atomic E-state index is 12.7. The van der Waals surface area contributed by atoms with Gasteiger partial charge in [0.2, 0.25) is 0 Å². The molecular weight excluding hydrogens is 290 g/mol. The standard InChI is InChI=1S/C19H25NO3/c1-11-6-13-8-12(2)22-18(13)17(7-11)19(21)23-16-9-14-4-5-15(10-16)20(14)3/h6-7,12,14-16H,4-5,8-10H2,1-3H3/t12?,14-,15+,16?. The molecule has 0 saturated carbocycles. The Labute approximate surface area is 137 Å². The minimum Gasteiger partial charge on any atom is -0.489 e. The zero-order valence-corrected chi connectivity index (χ0v) is 14.2. The monoisotopic (exact) mass is 315 g/mol. The number of rotatable bonds is 2. The van der Waals surface area contributed by atoms with Gasteiger partial charge in [0, 0.05) is 31.3 Å². The molecule has 3 heterocycles. The second-order valence-electron chi connectivity index (χ2n) is 7.48. The van der Waals surface area contributed by atoms with Gasteiger partial charge in [0.25, 0.3) is 0 Å². The molecule has 0 spiro atoms. The molecule has 0 amide bonds. The molecular formula is C19H25NO3. The first-order chi connectivity index (χ1) is 11.0. The van der Waals surface area contributed by atoms with Crippen LogP contribution in [0.15, 0.2) is 12.1 Å². The third kappa shape index (κ3) is 2.63. The second kappa shape index (κ2) is 5.52. The fourth-order valence-corrected chi connectivity index (χ4v) is 4.52. The highest BCUT2D eigenvalue weighted by molar-refractivity contribution is 5.93. The molecule has 4 nitrogen and oxygen atoms in total. The molecule has 0 aromatic heterocycles. The Kier molecular flexibility index (Phi) is 3.60. The Morgan fingerprint density at radius 2 is 1.96 bits per heavy atom. The quantitative estimate of drug-likeness (QED) is 0.786. The molecule has 4 atom stereocenters. The average Bonchev–Trinajstić information content (AvgIpc) is 2.93. The van der Waals surface area contributed by atoms with Crippen LogP contribution in [-0.4, -0.2) is 42.2 Å². The molecule has 2 saturated heterocycles. The molecule has 0 N–H and O–H groups in total. The van der Waals surface area contributed by atoms with Crippen molar-refractivity contribution in [2.45, 2.75) is 70.2 Å². The number of fused-ring (bicyclic) bond motifs is 3. The van der Waals surface area contributed by atoms with E-state index in [2.05, 4.69) is 18.0 Å². The lowest BCUT2D eigenvalue weighted by Crippen LogP contribution is -2.43. The Morgan fingerprint density at radius 3 is 2.65 bits per heavy atom. The van der Waals surface area contributed by atoms with Crippen molar-refractivity contribution in [2.75, 3.05) is 7.05 Å². The molecule has 0 radical (unpaired) electrons. The molecule has 4 rings (SSSR count). The predicted octanol–water partition coefficient (Wildman–Crippen LogP) is 3.10. The van der Waals surface area contributed by atoms with E-state index in [-0.39, 0.29) is 18.2 Å². The summed E-state index contributed by atoms with van der Waals surface area (Å²) in [5, 5.41) is 0. The van der Waals surface area contributed by atoms with E-state index in [4.69, 9.17) is 9.47 Å². The van der Waals surface area contributed by atoms with E-state index in [1.165, 1.54) is 12.8 Å². The van der Waals surface area contributed by atoms with Gasteiger partial charge in [-0.05, 0) is 50.9 Å². The molecule has 1 aromatic carbocycles. The van der Waals surface area contributed by atoms with Crippen molar-refractivity contribution in [1.29, 1.82) is 0 Å². The Morgan fingerprint density at radius 1 is 1.26 bits per heavy atom. The molecule has 2 fully saturated rings. The molecule has 3 aliphatic heterocycles. The van der Waals surface area contributed by atoms with Crippen molar-refractivity contribution in [3.05, 3.63) is 28.8 Å². The van der Waals surface area contributed by atoms with E-state index >= 15 is 0 Å². The molecule has 124 valence electrons. The van der Waals surface area contributed by atoms with Crippen molar-refractivity contribution in [3.8, 4) is 5.75 Å². The number of ether oxygens (including phenoxy) is 2. The highest BCUT2D eigenvalue weighted by Crippen LogP contribution is 2.37. The number of hydrogen-bond acceptors (Lipinski definition) is 4. The van der Waals surface area contributed by atoms with Gasteiger partial charge in [0.05, 0.1) is 0 Å². The number of esters is 1. The first kappa shape index (κ1) is 15.0. The summed E-state index contributed by atoms with van der Waals surface area (Å²) < 4.78 is 11.7. The molecule has 23 heavy (non-hydrogen) atoms. The summed E-state index contributed by atoms with van der Waals surface area (Å²) in [6, 6.07) is 5.17. The van der Waals surface area contributed by atoms with Crippen LogP contribution in [0.25, 0.3) is 0 Å². The molecule has 2 unspecified atom stereocenters. The Hall–Kier alpha value is -1.55. The molecule has 3 aliphatic rings. The fourth-order valence-electron chi connectivity index (χ4n) is 4.52. The SMILES string of the molecule is Cc1cc2c(c(C(=O)OC3C[C@H]4CC[C@@H](C3)N4C)c1)OC(C)C2. The smallest absolute Gasteiger partial charge is 0.342 e. The number of nitrogens with zero attached hydrogens (tertiary/aromatic N) is 1. The number of carbonyl (C=O) groups is 1. The lowest BCUT2D eigenvalue weighted by atomic mass is 10.00. The number of carbonyl (C=O) groups excluding carboxylic acids is 1. The summed E-state index contributed by atoms with van der Waals surface area (Å²) >= 11 is 0. The molecule has 1 aromatic rings. The van der Waals surface area contributed by atoms with Gasteiger partial charge in [-0.15, -0.1) is 0 Å². The normalized spacial score (nSPS) is 32.5. The van der Waals surface area contributed by atoms with Crippen LogP contribution in [0.1, 0.15) is 54.1 Å². The summed E-state index contributed by atoms with van der Waals surface area (Å²) in [5.74, 6) is 0.525. The number of aryl methyl sites for hydroxylation is 1. The number of piperidine rings is 1. The summed E-state index contributed by atoms with van der Waals surface area (Å²) in [4.78, 5) is 15.2. The van der Waals surface area contributed by atoms with E-state index in [1.54, 1.807) is 0 Å². The summed E-state index contributed by atoms with van der Waals surface area (Å²) in [5.41, 5.74) is 2.83. The second-order valence-corrected chi connectivity index (χ2v) is 7.48. The summed E-state index contributed by atoms with van der Waals surface area (Å²) in [6.07, 6.45) is 5.44. The minimum atomic E-state index is -0.215. The fraction of sp³-hybridized carbons (Fsp3) is 0.632. The van der Waals surface area contributed by atoms with E-state index < -0.39 is 0 Å². The van der Waals surface area contributed by atoms with Gasteiger partial charge in [-0.25, -0.2) is 4.79 Å². The van der Waals surface area contributed by atoms with Crippen molar-refractivity contribution in [2.24, 2.45) is 0 Å². The van der Waals surface area contributed by atoms with Gasteiger partial charge in [-0.2, -0.15) is 0 Å². The van der Waals surface area contributed by atoms with E-state index in [0.29, 0.717) is 17.6 Å². The highest BCUT2D eigenvalue weighted by Gasteiger charge is 2.40. The average molecular weight is 315 g/mol. The van der Waals surface area contributed by atoms with Gasteiger partial charge < -0.3 is 14.4 Å². The highest BCUT2D eigenvalue weighted by atomic mass is 16.5. The van der Waals surface area contributed by atoms with Gasteiger partial charge >= 0.3 is 5.97 Å². The van der Waals surface area contributed by atoms with Crippen LogP contribution in [-0.2, 0) is 11.2 Å². The van der Waals surface area contributed by atoms with Crippen LogP contribution in [0.5, 0.6) is 5.75 Å². The van der Waals surface area contributed by atoms with Gasteiger partial charge in [-0.3, -0.25) is 0 Å². The lowest BCUT2D eigenvalue weighted by molar-refractivity contribution is -0.000759. The molecule has 0 aliphatic carbocycles. The molecule has 4 heteroatoms. The van der Waals surface area contributed by atoms with Gasteiger partial charge in [-0.1, -0.05) is 6.07 Å². The summed E-state index contributed by atoms with van der Waals surface area (Å²) in [6.45, 7) is 4.06. The maximum absolute atomic E-state index is 12.7. The Balaban J connectivity index is 1.52. The van der Waals surface area contributed by atoms with Crippen molar-refractivity contribution in [3.63, 3.8) is 0 Å². The van der Waals surface area contributed by atoms with E-state index in [9.17, 15) is 4.79 Å². The van der Waals surface area contributed by atoms with E-state index in [0.717, 1.165) is 36.1 Å². The summed E-state index contributed by atoms with van der Waals surface area (Å²) in [7, 11) is 2.20. The van der Waals surface area contributed by atoms with Crippen LogP contribution < -0.4 is 4.74 Å². The van der Waals surface area contributed by atoms with Gasteiger partial charge in [0.15, 0.2) is 0 Å². The van der Waals surface area contributed by atoms with Crippen molar-refractivity contribution in [1.82, 2.24) is 4.90 Å². The largest absolute Gasteiger partial charge is 0.489 e. The van der Waals surface area contributed by atoms with Crippen LogP contribution in [0.2, 0.25) is 0 Å². The van der Waals surface area contributed by atoms with E-state index in [1.807, 2.05) is 19.9 Å². The van der Waals surface area contributed by atoms with Crippen molar-refractivity contribution >= 4 is 5.97 Å². The number of hydrogen-bond donors (Lipinski definition) is 0. The topological polar surface area (TPSA) is 38.8 Å². The minimum absolute atomic E-state index is 0.0474.